The average Bonchev–Trinajstić information content (AvgIpc) is 3.16. The van der Waals surface area contributed by atoms with Gasteiger partial charge in [0, 0.05) is 35.1 Å². The van der Waals surface area contributed by atoms with Crippen molar-refractivity contribution in [2.75, 3.05) is 0 Å². The van der Waals surface area contributed by atoms with E-state index < -0.39 is 0 Å². The molecule has 4 rings (SSSR count). The molecule has 0 bridgehead atoms. The fraction of sp³-hybridized carbons (Fsp3) is 0.292. The third-order valence-corrected chi connectivity index (χ3v) is 6.33. The molecule has 0 aliphatic carbocycles. The summed E-state index contributed by atoms with van der Waals surface area (Å²) in [5, 5.41) is 19.9. The molecule has 2 N–H and O–H groups in total. The summed E-state index contributed by atoms with van der Waals surface area (Å²) in [4.78, 5) is 4.16. The Balaban J connectivity index is 1.25. The number of aliphatic hydroxyl groups is 1. The van der Waals surface area contributed by atoms with Gasteiger partial charge in [-0.2, -0.15) is 0 Å². The monoisotopic (exact) mass is 390 g/mol. The van der Waals surface area contributed by atoms with E-state index >= 15 is 0 Å². The predicted octanol–water partition coefficient (Wildman–Crippen LogP) is 5.83. The number of nitrogens with zero attached hydrogens (tertiary/aromatic N) is 1. The molecule has 3 nitrogen and oxygen atoms in total. The van der Waals surface area contributed by atoms with Crippen molar-refractivity contribution in [3.05, 3.63) is 77.4 Å². The number of nitrogens with one attached hydrogen (secondary N) is 1. The Morgan fingerprint density at radius 2 is 1.96 bits per heavy atom. The van der Waals surface area contributed by atoms with E-state index in [0.29, 0.717) is 6.04 Å². The fourth-order valence-corrected chi connectivity index (χ4v) is 4.67. The molecule has 0 fully saturated rings. The van der Waals surface area contributed by atoms with Crippen molar-refractivity contribution in [1.82, 2.24) is 10.3 Å². The van der Waals surface area contributed by atoms with Crippen LogP contribution in [0.5, 0.6) is 0 Å². The quantitative estimate of drug-likeness (QED) is 0.398. The van der Waals surface area contributed by atoms with Crippen LogP contribution in [-0.2, 0) is 6.54 Å². The first-order chi connectivity index (χ1) is 13.7. The van der Waals surface area contributed by atoms with Crippen molar-refractivity contribution in [2.45, 2.75) is 44.9 Å². The summed E-state index contributed by atoms with van der Waals surface area (Å²) in [6.45, 7) is 3.08. The topological polar surface area (TPSA) is 45.1 Å². The number of hydrogen-bond donors (Lipinski definition) is 2. The van der Waals surface area contributed by atoms with Crippen LogP contribution in [0.25, 0.3) is 20.9 Å². The fourth-order valence-electron chi connectivity index (χ4n) is 3.67. The molecule has 2 heterocycles. The second-order valence-electron chi connectivity index (χ2n) is 7.47. The number of hydrogen-bond acceptors (Lipinski definition) is 4. The summed E-state index contributed by atoms with van der Waals surface area (Å²) in [6, 6.07) is 17.3. The molecule has 0 radical (unpaired) electrons. The summed E-state index contributed by atoms with van der Waals surface area (Å²) < 4.78 is 1.25. The molecule has 1 unspecified atom stereocenters. The maximum atomic E-state index is 10.6. The summed E-state index contributed by atoms with van der Waals surface area (Å²) in [5.74, 6) is 0. The zero-order chi connectivity index (χ0) is 19.3. The third kappa shape index (κ3) is 4.41. The Morgan fingerprint density at radius 3 is 2.89 bits per heavy atom. The van der Waals surface area contributed by atoms with Crippen LogP contribution >= 0.6 is 11.3 Å². The van der Waals surface area contributed by atoms with E-state index in [-0.39, 0.29) is 6.10 Å². The molecule has 0 spiro atoms. The first kappa shape index (κ1) is 19.1. The highest BCUT2D eigenvalue weighted by atomic mass is 32.1. The van der Waals surface area contributed by atoms with Crippen LogP contribution in [0.4, 0.5) is 0 Å². The van der Waals surface area contributed by atoms with Gasteiger partial charge in [-0.1, -0.05) is 30.3 Å². The van der Waals surface area contributed by atoms with Crippen molar-refractivity contribution in [3.8, 4) is 0 Å². The Kier molecular flexibility index (Phi) is 6.01. The molecule has 2 atom stereocenters. The normalized spacial score (nSPS) is 13.8. The second kappa shape index (κ2) is 8.82. The minimum Gasteiger partial charge on any atom is -0.388 e. The number of aromatic nitrogens is 1. The highest BCUT2D eigenvalue weighted by Gasteiger charge is 2.13. The maximum absolute atomic E-state index is 10.6. The van der Waals surface area contributed by atoms with Crippen LogP contribution < -0.4 is 5.32 Å². The van der Waals surface area contributed by atoms with Gasteiger partial charge in [-0.3, -0.25) is 4.98 Å². The van der Waals surface area contributed by atoms with Crippen molar-refractivity contribution in [3.63, 3.8) is 0 Å². The van der Waals surface area contributed by atoms with Gasteiger partial charge in [0.25, 0.3) is 0 Å². The lowest BCUT2D eigenvalue weighted by molar-refractivity contribution is 0.164. The highest BCUT2D eigenvalue weighted by molar-refractivity contribution is 7.17. The average molecular weight is 391 g/mol. The molecule has 4 aromatic rings. The van der Waals surface area contributed by atoms with Crippen LogP contribution in [0.15, 0.2) is 66.3 Å². The van der Waals surface area contributed by atoms with Crippen LogP contribution in [-0.4, -0.2) is 16.1 Å². The van der Waals surface area contributed by atoms with Crippen molar-refractivity contribution >= 4 is 32.2 Å². The van der Waals surface area contributed by atoms with Crippen molar-refractivity contribution in [1.29, 1.82) is 0 Å². The smallest absolute Gasteiger partial charge is 0.0804 e. The maximum Gasteiger partial charge on any atom is 0.0804 e. The molecular weight excluding hydrogens is 364 g/mol. The standard InChI is InChI=1S/C24H26N2OS/c1-17(26-14-18-9-10-20-15-25-12-11-19(20)13-18)5-4-7-23(27)22-16-28-24-8-3-2-6-21(22)24/h2-3,6,8-13,15-17,23,26-27H,4-5,7,14H2,1H3/t17-,23?/m1/s1. The van der Waals surface area contributed by atoms with Gasteiger partial charge < -0.3 is 10.4 Å². The van der Waals surface area contributed by atoms with E-state index in [1.54, 1.807) is 11.3 Å². The lowest BCUT2D eigenvalue weighted by atomic mass is 10.0. The number of rotatable bonds is 8. The SMILES string of the molecule is C[C@H](CCCC(O)c1csc2ccccc12)NCc1ccc2cnccc2c1. The Hall–Kier alpha value is -2.27. The van der Waals surface area contributed by atoms with E-state index in [1.807, 2.05) is 18.5 Å². The van der Waals surface area contributed by atoms with Crippen LogP contribution in [0.2, 0.25) is 0 Å². The number of pyridine rings is 1. The lowest BCUT2D eigenvalue weighted by Gasteiger charge is -2.16. The van der Waals surface area contributed by atoms with Crippen molar-refractivity contribution in [2.24, 2.45) is 0 Å². The zero-order valence-electron chi connectivity index (χ0n) is 16.1. The largest absolute Gasteiger partial charge is 0.388 e. The molecule has 4 heteroatoms. The Labute approximate surface area is 170 Å². The third-order valence-electron chi connectivity index (χ3n) is 5.34. The van der Waals surface area contributed by atoms with E-state index in [9.17, 15) is 5.11 Å². The Bertz CT molecular complexity index is 1060. The molecule has 0 aliphatic rings. The summed E-state index contributed by atoms with van der Waals surface area (Å²) in [6.07, 6.45) is 6.22. The summed E-state index contributed by atoms with van der Waals surface area (Å²) in [5.41, 5.74) is 2.36. The van der Waals surface area contributed by atoms with Gasteiger partial charge in [-0.05, 0) is 71.7 Å². The zero-order valence-corrected chi connectivity index (χ0v) is 17.0. The van der Waals surface area contributed by atoms with Gasteiger partial charge in [0.2, 0.25) is 0 Å². The van der Waals surface area contributed by atoms with Gasteiger partial charge in [-0.25, -0.2) is 0 Å². The van der Waals surface area contributed by atoms with Gasteiger partial charge in [0.1, 0.15) is 0 Å². The highest BCUT2D eigenvalue weighted by Crippen LogP contribution is 2.32. The van der Waals surface area contributed by atoms with Crippen molar-refractivity contribution < 1.29 is 5.11 Å². The molecule has 2 aromatic heterocycles. The minimum absolute atomic E-state index is 0.377. The first-order valence-electron chi connectivity index (χ1n) is 9.91. The molecule has 2 aromatic carbocycles. The minimum atomic E-state index is -0.377. The van der Waals surface area contributed by atoms with Crippen LogP contribution in [0.3, 0.4) is 0 Å². The molecule has 0 saturated heterocycles. The number of thiophene rings is 1. The molecule has 0 aliphatic heterocycles. The molecule has 28 heavy (non-hydrogen) atoms. The number of fused-ring (bicyclic) bond motifs is 2. The molecule has 144 valence electrons. The van der Waals surface area contributed by atoms with Gasteiger partial charge in [-0.15, -0.1) is 11.3 Å². The van der Waals surface area contributed by atoms with Gasteiger partial charge >= 0.3 is 0 Å². The van der Waals surface area contributed by atoms with Crippen LogP contribution in [0.1, 0.15) is 43.4 Å². The first-order valence-corrected chi connectivity index (χ1v) is 10.8. The number of benzene rings is 2. The molecule has 0 saturated carbocycles. The molecule has 0 amide bonds. The van der Waals surface area contributed by atoms with E-state index in [0.717, 1.165) is 31.4 Å². The van der Waals surface area contributed by atoms with Crippen LogP contribution in [0, 0.1) is 0 Å². The van der Waals surface area contributed by atoms with Gasteiger partial charge in [0.15, 0.2) is 0 Å². The van der Waals surface area contributed by atoms with Gasteiger partial charge in [0.05, 0.1) is 6.10 Å². The number of aliphatic hydroxyl groups excluding tert-OH is 1. The summed E-state index contributed by atoms with van der Waals surface area (Å²) >= 11 is 1.71. The predicted molar refractivity (Wildman–Crippen MR) is 119 cm³/mol. The van der Waals surface area contributed by atoms with E-state index in [4.69, 9.17) is 0 Å². The summed E-state index contributed by atoms with van der Waals surface area (Å²) in [7, 11) is 0. The lowest BCUT2D eigenvalue weighted by Crippen LogP contribution is -2.25. The Morgan fingerprint density at radius 1 is 1.07 bits per heavy atom. The molecular formula is C24H26N2OS. The second-order valence-corrected chi connectivity index (χ2v) is 8.38. The van der Waals surface area contributed by atoms with E-state index in [1.165, 1.54) is 26.4 Å². The van der Waals surface area contributed by atoms with E-state index in [2.05, 4.69) is 65.1 Å².